The number of hydrogen-bond acceptors (Lipinski definition) is 6. The first kappa shape index (κ1) is 12.5. The first-order valence-electron chi connectivity index (χ1n) is 5.12. The van der Waals surface area contributed by atoms with Crippen LogP contribution in [-0.4, -0.2) is 41.3 Å². The van der Waals surface area contributed by atoms with Gasteiger partial charge < -0.3 is 10.4 Å². The van der Waals surface area contributed by atoms with Crippen LogP contribution in [-0.2, 0) is 9.84 Å². The van der Waals surface area contributed by atoms with Crippen molar-refractivity contribution in [3.05, 3.63) is 29.1 Å². The van der Waals surface area contributed by atoms with Gasteiger partial charge in [-0.25, -0.2) is 23.2 Å². The van der Waals surface area contributed by atoms with E-state index in [1.54, 1.807) is 6.92 Å². The Kier molecular flexibility index (Phi) is 3.04. The third-order valence-electron chi connectivity index (χ3n) is 2.39. The van der Waals surface area contributed by atoms with Crippen LogP contribution in [0, 0.1) is 6.92 Å². The molecule has 0 bridgehead atoms. The number of sulfone groups is 1. The monoisotopic (exact) mass is 269 g/mol. The van der Waals surface area contributed by atoms with Gasteiger partial charge in [0.2, 0.25) is 0 Å². The van der Waals surface area contributed by atoms with Crippen LogP contribution in [0.15, 0.2) is 17.7 Å². The van der Waals surface area contributed by atoms with Gasteiger partial charge in [-0.3, -0.25) is 0 Å². The lowest BCUT2D eigenvalue weighted by Gasteiger charge is -2.12. The summed E-state index contributed by atoms with van der Waals surface area (Å²) in [6.07, 6.45) is 2.67. The molecular weight excluding hydrogens is 258 g/mol. The van der Waals surface area contributed by atoms with Crippen LogP contribution in [0.5, 0.6) is 0 Å². The molecule has 1 atom stereocenters. The molecule has 2 rings (SSSR count). The lowest BCUT2D eigenvalue weighted by Crippen LogP contribution is -2.23. The van der Waals surface area contributed by atoms with Crippen LogP contribution in [0.1, 0.15) is 16.2 Å². The van der Waals surface area contributed by atoms with Gasteiger partial charge in [-0.05, 0) is 13.0 Å². The number of aryl methyl sites for hydroxylation is 1. The van der Waals surface area contributed by atoms with Crippen LogP contribution in [0.3, 0.4) is 0 Å². The van der Waals surface area contributed by atoms with E-state index < -0.39 is 21.8 Å². The van der Waals surface area contributed by atoms with Crippen LogP contribution in [0.4, 0.5) is 5.82 Å². The van der Waals surface area contributed by atoms with E-state index >= 15 is 0 Å². The Balaban J connectivity index is 2.27. The minimum atomic E-state index is -3.19. The Morgan fingerprint density at radius 3 is 2.83 bits per heavy atom. The number of aromatic nitrogens is 2. The van der Waals surface area contributed by atoms with Gasteiger partial charge in [-0.1, -0.05) is 0 Å². The average Bonchev–Trinajstić information content (AvgIpc) is 2.57. The molecule has 1 aromatic heterocycles. The first-order chi connectivity index (χ1) is 8.37. The topological polar surface area (TPSA) is 109 Å². The van der Waals surface area contributed by atoms with Crippen molar-refractivity contribution in [2.24, 2.45) is 0 Å². The predicted molar refractivity (Wildman–Crippen MR) is 64.1 cm³/mol. The van der Waals surface area contributed by atoms with Crippen molar-refractivity contribution in [3.8, 4) is 0 Å². The van der Waals surface area contributed by atoms with Gasteiger partial charge in [0.25, 0.3) is 0 Å². The zero-order valence-corrected chi connectivity index (χ0v) is 10.3. The number of carbonyl (C=O) groups is 1. The maximum Gasteiger partial charge on any atom is 0.341 e. The molecule has 0 amide bonds. The molecule has 7 nitrogen and oxygen atoms in total. The molecule has 96 valence electrons. The summed E-state index contributed by atoms with van der Waals surface area (Å²) in [4.78, 5) is 18.7. The fourth-order valence-electron chi connectivity index (χ4n) is 1.58. The number of hydrogen-bond donors (Lipinski definition) is 2. The van der Waals surface area contributed by atoms with Crippen LogP contribution in [0.2, 0.25) is 0 Å². The fraction of sp³-hybridized carbons (Fsp3) is 0.300. The van der Waals surface area contributed by atoms with Crippen molar-refractivity contribution in [3.63, 3.8) is 0 Å². The smallest absolute Gasteiger partial charge is 0.341 e. The highest BCUT2D eigenvalue weighted by atomic mass is 32.2. The van der Waals surface area contributed by atoms with Gasteiger partial charge in [0.05, 0.1) is 11.8 Å². The van der Waals surface area contributed by atoms with E-state index in [0.717, 1.165) is 5.41 Å². The van der Waals surface area contributed by atoms with E-state index in [1.807, 2.05) is 0 Å². The summed E-state index contributed by atoms with van der Waals surface area (Å²) >= 11 is 0. The molecule has 2 N–H and O–H groups in total. The van der Waals surface area contributed by atoms with Crippen molar-refractivity contribution in [1.29, 1.82) is 0 Å². The van der Waals surface area contributed by atoms with Gasteiger partial charge in [-0.15, -0.1) is 0 Å². The summed E-state index contributed by atoms with van der Waals surface area (Å²) in [6, 6.07) is -0.470. The lowest BCUT2D eigenvalue weighted by atomic mass is 10.2. The number of carboxylic acids is 1. The summed E-state index contributed by atoms with van der Waals surface area (Å²) in [7, 11) is -3.19. The minimum absolute atomic E-state index is 0.0849. The zero-order valence-electron chi connectivity index (χ0n) is 9.49. The fourth-order valence-corrected chi connectivity index (χ4v) is 2.81. The molecule has 8 heteroatoms. The van der Waals surface area contributed by atoms with Gasteiger partial charge >= 0.3 is 5.97 Å². The molecular formula is C10H11N3O4S. The van der Waals surface area contributed by atoms with E-state index in [4.69, 9.17) is 5.11 Å². The molecule has 0 fully saturated rings. The van der Waals surface area contributed by atoms with Gasteiger partial charge in [0.15, 0.2) is 9.84 Å². The van der Waals surface area contributed by atoms with Crippen molar-refractivity contribution >= 4 is 21.6 Å². The molecule has 0 radical (unpaired) electrons. The van der Waals surface area contributed by atoms with E-state index in [-0.39, 0.29) is 17.1 Å². The number of anilines is 1. The Morgan fingerprint density at radius 2 is 2.28 bits per heavy atom. The Labute approximate surface area is 103 Å². The van der Waals surface area contributed by atoms with Crippen LogP contribution in [0.25, 0.3) is 0 Å². The van der Waals surface area contributed by atoms with Crippen molar-refractivity contribution in [1.82, 2.24) is 9.97 Å². The third kappa shape index (κ3) is 2.65. The summed E-state index contributed by atoms with van der Waals surface area (Å²) in [5.41, 5.74) is -0.0849. The molecule has 0 aliphatic carbocycles. The molecule has 1 aliphatic rings. The van der Waals surface area contributed by atoms with E-state index in [2.05, 4.69) is 15.3 Å². The molecule has 1 aliphatic heterocycles. The molecule has 0 saturated carbocycles. The lowest BCUT2D eigenvalue weighted by molar-refractivity contribution is 0.0697. The standard InChI is InChI=1S/C10H11N3O4S/c1-6-11-4-8(10(14)15)9(12-6)13-7-2-3-18(16,17)5-7/h2-4,7H,5H2,1H3,(H,14,15)(H,11,12,13). The van der Waals surface area contributed by atoms with Gasteiger partial charge in [-0.2, -0.15) is 0 Å². The normalized spacial score (nSPS) is 20.8. The predicted octanol–water partition coefficient (Wildman–Crippen LogP) is 0.206. The number of rotatable bonds is 3. The Morgan fingerprint density at radius 1 is 1.56 bits per heavy atom. The summed E-state index contributed by atoms with van der Waals surface area (Å²) in [5.74, 6) is -0.730. The SMILES string of the molecule is Cc1ncc(C(=O)O)c(NC2C=CS(=O)(=O)C2)n1. The minimum Gasteiger partial charge on any atom is -0.477 e. The quantitative estimate of drug-likeness (QED) is 0.806. The molecule has 2 heterocycles. The first-order valence-corrected chi connectivity index (χ1v) is 6.83. The van der Waals surface area contributed by atoms with Crippen molar-refractivity contribution in [2.75, 3.05) is 11.1 Å². The molecule has 1 aromatic rings. The van der Waals surface area contributed by atoms with E-state index in [1.165, 1.54) is 12.3 Å². The number of nitrogens with one attached hydrogen (secondary N) is 1. The largest absolute Gasteiger partial charge is 0.477 e. The molecule has 18 heavy (non-hydrogen) atoms. The summed E-state index contributed by atoms with van der Waals surface area (Å²) in [5, 5.41) is 12.9. The van der Waals surface area contributed by atoms with E-state index in [9.17, 15) is 13.2 Å². The van der Waals surface area contributed by atoms with Crippen LogP contribution < -0.4 is 5.32 Å². The highest BCUT2D eigenvalue weighted by Gasteiger charge is 2.23. The summed E-state index contributed by atoms with van der Waals surface area (Å²) < 4.78 is 22.5. The summed E-state index contributed by atoms with van der Waals surface area (Å²) in [6.45, 7) is 1.62. The second kappa shape index (κ2) is 4.37. The number of aromatic carboxylic acids is 1. The highest BCUT2D eigenvalue weighted by Crippen LogP contribution is 2.17. The molecule has 0 saturated heterocycles. The van der Waals surface area contributed by atoms with Crippen molar-refractivity contribution < 1.29 is 18.3 Å². The second-order valence-electron chi connectivity index (χ2n) is 3.89. The van der Waals surface area contributed by atoms with E-state index in [0.29, 0.717) is 5.82 Å². The highest BCUT2D eigenvalue weighted by molar-refractivity contribution is 7.94. The Bertz CT molecular complexity index is 624. The Hall–Kier alpha value is -1.96. The van der Waals surface area contributed by atoms with Gasteiger partial charge in [0.1, 0.15) is 17.2 Å². The van der Waals surface area contributed by atoms with Crippen LogP contribution >= 0.6 is 0 Å². The maximum atomic E-state index is 11.2. The average molecular weight is 269 g/mol. The molecule has 0 aromatic carbocycles. The van der Waals surface area contributed by atoms with Crippen molar-refractivity contribution in [2.45, 2.75) is 13.0 Å². The second-order valence-corrected chi connectivity index (χ2v) is 5.82. The zero-order chi connectivity index (χ0) is 13.3. The number of nitrogens with zero attached hydrogens (tertiary/aromatic N) is 2. The van der Waals surface area contributed by atoms with Gasteiger partial charge in [0, 0.05) is 11.6 Å². The maximum absolute atomic E-state index is 11.2. The molecule has 1 unspecified atom stereocenters. The number of carboxylic acid groups (broad SMARTS) is 1. The third-order valence-corrected chi connectivity index (χ3v) is 3.79. The molecule has 0 spiro atoms.